The number of amides is 2. The summed E-state index contributed by atoms with van der Waals surface area (Å²) in [5.41, 5.74) is 0.768. The first-order valence-electron chi connectivity index (χ1n) is 4.47. The number of hydrogen-bond donors (Lipinski definition) is 2. The lowest BCUT2D eigenvalue weighted by Gasteiger charge is -2.06. The largest absolute Gasteiger partial charge is 0.323 e. The van der Waals surface area contributed by atoms with Crippen molar-refractivity contribution in [3.8, 4) is 0 Å². The van der Waals surface area contributed by atoms with E-state index in [4.69, 9.17) is 0 Å². The maximum absolute atomic E-state index is 11.3. The summed E-state index contributed by atoms with van der Waals surface area (Å²) in [7, 11) is 0. The molecule has 0 radical (unpaired) electrons. The summed E-state index contributed by atoms with van der Waals surface area (Å²) in [5.74, 6) is 0. The van der Waals surface area contributed by atoms with Crippen LogP contribution in [0.4, 0.5) is 16.2 Å². The molecule has 6 heteroatoms. The van der Waals surface area contributed by atoms with E-state index >= 15 is 0 Å². The summed E-state index contributed by atoms with van der Waals surface area (Å²) < 4.78 is 0. The van der Waals surface area contributed by atoms with Gasteiger partial charge in [-0.15, -0.1) is 0 Å². The van der Waals surface area contributed by atoms with Crippen molar-refractivity contribution in [2.24, 2.45) is 0 Å². The Bertz CT molecular complexity index is 443. The first-order chi connectivity index (χ1) is 7.49. The molecular formula is C10H11N3O3. The molecule has 1 aromatic rings. The Hall–Kier alpha value is -2.37. The normalized spacial score (nSPS) is 9.31. The Morgan fingerprint density at radius 1 is 1.50 bits per heavy atom. The number of nitrogens with zero attached hydrogens (tertiary/aromatic N) is 1. The standard InChI is InChI=1S/C10H11N3O3/c1-7(2)11-10(14)12-8-4-3-5-9(6-8)13(15)16/h3-6H,1H2,2H3,(H2,11,12,14). The number of hydrogen-bond acceptors (Lipinski definition) is 3. The van der Waals surface area contributed by atoms with Crippen LogP contribution in [0.25, 0.3) is 0 Å². The van der Waals surface area contributed by atoms with Gasteiger partial charge in [0.1, 0.15) is 0 Å². The SMILES string of the molecule is C=C(C)NC(=O)Nc1cccc([N+](=O)[O-])c1. The number of nitro benzene ring substituents is 1. The number of carbonyl (C=O) groups excluding carboxylic acids is 1. The molecule has 0 aliphatic rings. The minimum absolute atomic E-state index is 0.0758. The van der Waals surface area contributed by atoms with E-state index in [0.29, 0.717) is 11.4 Å². The van der Waals surface area contributed by atoms with Crippen LogP contribution in [0.2, 0.25) is 0 Å². The molecule has 0 fully saturated rings. The van der Waals surface area contributed by atoms with Gasteiger partial charge in [-0.3, -0.25) is 10.1 Å². The van der Waals surface area contributed by atoms with Gasteiger partial charge in [0.15, 0.2) is 0 Å². The van der Waals surface area contributed by atoms with Crippen molar-refractivity contribution in [3.63, 3.8) is 0 Å². The maximum atomic E-state index is 11.3. The Balaban J connectivity index is 2.74. The van der Waals surface area contributed by atoms with Gasteiger partial charge >= 0.3 is 6.03 Å². The average molecular weight is 221 g/mol. The quantitative estimate of drug-likeness (QED) is 0.606. The molecule has 0 bridgehead atoms. The maximum Gasteiger partial charge on any atom is 0.323 e. The monoisotopic (exact) mass is 221 g/mol. The first kappa shape index (κ1) is 11.7. The van der Waals surface area contributed by atoms with Gasteiger partial charge < -0.3 is 10.6 Å². The van der Waals surface area contributed by atoms with E-state index in [-0.39, 0.29) is 5.69 Å². The highest BCUT2D eigenvalue weighted by atomic mass is 16.6. The zero-order valence-electron chi connectivity index (χ0n) is 8.69. The van der Waals surface area contributed by atoms with E-state index < -0.39 is 11.0 Å². The van der Waals surface area contributed by atoms with Gasteiger partial charge in [-0.2, -0.15) is 0 Å². The topological polar surface area (TPSA) is 84.3 Å². The predicted octanol–water partition coefficient (Wildman–Crippen LogP) is 2.25. The van der Waals surface area contributed by atoms with Gasteiger partial charge in [0.25, 0.3) is 5.69 Å². The molecule has 6 nitrogen and oxygen atoms in total. The highest BCUT2D eigenvalue weighted by molar-refractivity contribution is 5.90. The summed E-state index contributed by atoms with van der Waals surface area (Å²) in [5, 5.41) is 15.4. The van der Waals surface area contributed by atoms with Crippen molar-refractivity contribution in [2.45, 2.75) is 6.92 Å². The number of nitrogens with one attached hydrogen (secondary N) is 2. The lowest BCUT2D eigenvalue weighted by atomic mass is 10.3. The number of benzene rings is 1. The Kier molecular flexibility index (Phi) is 3.60. The van der Waals surface area contributed by atoms with E-state index in [1.165, 1.54) is 18.2 Å². The summed E-state index contributed by atoms with van der Waals surface area (Å²) in [6.07, 6.45) is 0. The number of rotatable bonds is 3. The van der Waals surface area contributed by atoms with Crippen molar-refractivity contribution in [3.05, 3.63) is 46.7 Å². The number of non-ortho nitro benzene ring substituents is 1. The van der Waals surface area contributed by atoms with Crippen LogP contribution >= 0.6 is 0 Å². The third kappa shape index (κ3) is 3.41. The molecule has 84 valence electrons. The first-order valence-corrected chi connectivity index (χ1v) is 4.47. The van der Waals surface area contributed by atoms with E-state index in [1.54, 1.807) is 13.0 Å². The Morgan fingerprint density at radius 3 is 2.75 bits per heavy atom. The third-order valence-electron chi connectivity index (χ3n) is 1.64. The molecule has 16 heavy (non-hydrogen) atoms. The van der Waals surface area contributed by atoms with Gasteiger partial charge in [-0.1, -0.05) is 12.6 Å². The van der Waals surface area contributed by atoms with Crippen LogP contribution in [0.5, 0.6) is 0 Å². The van der Waals surface area contributed by atoms with Crippen LogP contribution in [-0.4, -0.2) is 11.0 Å². The Labute approximate surface area is 92.1 Å². The molecule has 0 spiro atoms. The molecule has 0 aliphatic heterocycles. The molecule has 2 N–H and O–H groups in total. The molecule has 0 aliphatic carbocycles. The summed E-state index contributed by atoms with van der Waals surface area (Å²) in [4.78, 5) is 21.2. The fraction of sp³-hybridized carbons (Fsp3) is 0.100. The molecule has 1 rings (SSSR count). The predicted molar refractivity (Wildman–Crippen MR) is 60.1 cm³/mol. The van der Waals surface area contributed by atoms with Crippen molar-refractivity contribution in [2.75, 3.05) is 5.32 Å². The zero-order valence-corrected chi connectivity index (χ0v) is 8.69. The highest BCUT2D eigenvalue weighted by Crippen LogP contribution is 2.16. The number of urea groups is 1. The molecule has 0 saturated heterocycles. The van der Waals surface area contributed by atoms with Crippen molar-refractivity contribution in [1.82, 2.24) is 5.32 Å². The average Bonchev–Trinajstić information content (AvgIpc) is 2.16. The minimum Gasteiger partial charge on any atom is -0.312 e. The number of carbonyl (C=O) groups is 1. The molecule has 0 heterocycles. The second-order valence-corrected chi connectivity index (χ2v) is 3.17. The molecule has 0 saturated carbocycles. The second-order valence-electron chi connectivity index (χ2n) is 3.17. The van der Waals surface area contributed by atoms with Crippen LogP contribution in [0.15, 0.2) is 36.5 Å². The second kappa shape index (κ2) is 4.92. The number of anilines is 1. The van der Waals surface area contributed by atoms with Crippen molar-refractivity contribution < 1.29 is 9.72 Å². The molecule has 0 aromatic heterocycles. The van der Waals surface area contributed by atoms with Gasteiger partial charge in [0.05, 0.1) is 4.92 Å². The van der Waals surface area contributed by atoms with E-state index in [1.807, 2.05) is 0 Å². The molecule has 2 amide bonds. The van der Waals surface area contributed by atoms with E-state index in [2.05, 4.69) is 17.2 Å². The van der Waals surface area contributed by atoms with Gasteiger partial charge in [-0.05, 0) is 13.0 Å². The molecular weight excluding hydrogens is 210 g/mol. The van der Waals surface area contributed by atoms with Gasteiger partial charge in [0, 0.05) is 23.5 Å². The van der Waals surface area contributed by atoms with Crippen LogP contribution in [0, 0.1) is 10.1 Å². The smallest absolute Gasteiger partial charge is 0.312 e. The van der Waals surface area contributed by atoms with Crippen molar-refractivity contribution in [1.29, 1.82) is 0 Å². The zero-order chi connectivity index (χ0) is 12.1. The molecule has 1 aromatic carbocycles. The van der Waals surface area contributed by atoms with Crippen LogP contribution in [0.3, 0.4) is 0 Å². The van der Waals surface area contributed by atoms with Gasteiger partial charge in [0.2, 0.25) is 0 Å². The molecule has 0 atom stereocenters. The third-order valence-corrected chi connectivity index (χ3v) is 1.64. The van der Waals surface area contributed by atoms with E-state index in [9.17, 15) is 14.9 Å². The summed E-state index contributed by atoms with van der Waals surface area (Å²) in [6.45, 7) is 5.13. The van der Waals surface area contributed by atoms with Crippen LogP contribution in [-0.2, 0) is 0 Å². The van der Waals surface area contributed by atoms with Crippen LogP contribution < -0.4 is 10.6 Å². The van der Waals surface area contributed by atoms with E-state index in [0.717, 1.165) is 0 Å². The minimum atomic E-state index is -0.526. The van der Waals surface area contributed by atoms with Crippen LogP contribution in [0.1, 0.15) is 6.92 Å². The number of nitro groups is 1. The summed E-state index contributed by atoms with van der Waals surface area (Å²) >= 11 is 0. The van der Waals surface area contributed by atoms with Gasteiger partial charge in [-0.25, -0.2) is 4.79 Å². The fourth-order valence-corrected chi connectivity index (χ4v) is 1.05. The lowest BCUT2D eigenvalue weighted by Crippen LogP contribution is -2.26. The lowest BCUT2D eigenvalue weighted by molar-refractivity contribution is -0.384. The summed E-state index contributed by atoms with van der Waals surface area (Å²) in [6, 6.07) is 5.20. The molecule has 0 unspecified atom stereocenters. The fourth-order valence-electron chi connectivity index (χ4n) is 1.05. The van der Waals surface area contributed by atoms with Crippen molar-refractivity contribution >= 4 is 17.4 Å². The number of allylic oxidation sites excluding steroid dienone is 1. The Morgan fingerprint density at radius 2 is 2.19 bits per heavy atom. The highest BCUT2D eigenvalue weighted by Gasteiger charge is 2.07.